The zero-order valence-corrected chi connectivity index (χ0v) is 8.78. The Bertz CT molecular complexity index is 397. The number of halogens is 2. The lowest BCUT2D eigenvalue weighted by Gasteiger charge is -1.95. The topological polar surface area (TPSA) is 48.8 Å². The molecule has 1 aromatic rings. The van der Waals surface area contributed by atoms with Gasteiger partial charge in [0.1, 0.15) is 5.82 Å². The van der Waals surface area contributed by atoms with Crippen LogP contribution in [0, 0.1) is 5.82 Å². The molecular weight excluding hydrogens is 249 g/mol. The molecule has 0 saturated heterocycles. The molecule has 0 bridgehead atoms. The van der Waals surface area contributed by atoms with Crippen molar-refractivity contribution in [2.75, 3.05) is 6.54 Å². The van der Waals surface area contributed by atoms with Gasteiger partial charge in [-0.05, 0) is 39.2 Å². The highest BCUT2D eigenvalue weighted by molar-refractivity contribution is 9.10. The molecule has 0 unspecified atom stereocenters. The maximum Gasteiger partial charge on any atom is 0.137 e. The molecule has 1 aromatic carbocycles. The van der Waals surface area contributed by atoms with Gasteiger partial charge in [-0.25, -0.2) is 4.39 Å². The maximum absolute atomic E-state index is 13.0. The number of hydrogen-bond acceptors (Lipinski definition) is 1. The Morgan fingerprint density at radius 3 is 3.00 bits per heavy atom. The molecule has 0 atom stereocenters. The molecule has 0 saturated carbocycles. The van der Waals surface area contributed by atoms with Crippen LogP contribution in [0.4, 0.5) is 4.39 Å². The van der Waals surface area contributed by atoms with E-state index in [2.05, 4.69) is 26.0 Å². The van der Waals surface area contributed by atoms with Crippen LogP contribution in [0.3, 0.4) is 0 Å². The molecule has 0 heterocycles. The highest BCUT2D eigenvalue weighted by atomic mass is 79.9. The fourth-order valence-corrected chi connectivity index (χ4v) is 1.14. The molecule has 0 amide bonds. The summed E-state index contributed by atoms with van der Waals surface area (Å²) in [5, 5.41) is 3.32. The lowest BCUT2D eigenvalue weighted by molar-refractivity contribution is 0.621. The van der Waals surface area contributed by atoms with Gasteiger partial charge in [-0.1, -0.05) is 23.3 Å². The Kier molecular flexibility index (Phi) is 4.16. The van der Waals surface area contributed by atoms with Crippen LogP contribution in [0.2, 0.25) is 0 Å². The summed E-state index contributed by atoms with van der Waals surface area (Å²) in [6, 6.07) is 4.79. The molecule has 0 aliphatic carbocycles. The minimum absolute atomic E-state index is 0.272. The largest absolute Gasteiger partial charge is 0.206 e. The van der Waals surface area contributed by atoms with Crippen molar-refractivity contribution in [3.05, 3.63) is 50.6 Å². The van der Waals surface area contributed by atoms with Crippen molar-refractivity contribution < 1.29 is 4.39 Å². The molecule has 0 N–H and O–H groups in total. The Labute approximate surface area is 89.0 Å². The van der Waals surface area contributed by atoms with Crippen molar-refractivity contribution in [2.24, 2.45) is 5.11 Å². The van der Waals surface area contributed by atoms with Crippen LogP contribution in [-0.2, 0) is 0 Å². The monoisotopic (exact) mass is 255 g/mol. The molecule has 72 valence electrons. The standard InChI is InChI=1S/C9H7BrFN3/c10-8-4-3-7(6-9(8)11)2-1-5-13-14-12/h1-4,6H,5H2. The molecule has 14 heavy (non-hydrogen) atoms. The van der Waals surface area contributed by atoms with Gasteiger partial charge in [0.2, 0.25) is 0 Å². The summed E-state index contributed by atoms with van der Waals surface area (Å²) in [6.07, 6.45) is 3.37. The van der Waals surface area contributed by atoms with E-state index in [4.69, 9.17) is 5.53 Å². The SMILES string of the molecule is [N-]=[N+]=NCC=Cc1ccc(Br)c(F)c1. The summed E-state index contributed by atoms with van der Waals surface area (Å²) < 4.78 is 13.4. The minimum Gasteiger partial charge on any atom is -0.206 e. The van der Waals surface area contributed by atoms with Gasteiger partial charge in [0.25, 0.3) is 0 Å². The highest BCUT2D eigenvalue weighted by Gasteiger charge is 1.97. The molecule has 0 aromatic heterocycles. The van der Waals surface area contributed by atoms with Crippen molar-refractivity contribution in [2.45, 2.75) is 0 Å². The van der Waals surface area contributed by atoms with Crippen molar-refractivity contribution in [3.8, 4) is 0 Å². The first-order valence-corrected chi connectivity index (χ1v) is 4.66. The van der Waals surface area contributed by atoms with Gasteiger partial charge in [-0.2, -0.15) is 0 Å². The summed E-state index contributed by atoms with van der Waals surface area (Å²) in [5.74, 6) is -0.309. The summed E-state index contributed by atoms with van der Waals surface area (Å²) in [7, 11) is 0. The van der Waals surface area contributed by atoms with Gasteiger partial charge in [0.15, 0.2) is 0 Å². The molecule has 0 aliphatic rings. The third kappa shape index (κ3) is 3.20. The fraction of sp³-hybridized carbons (Fsp3) is 0.111. The van der Waals surface area contributed by atoms with E-state index >= 15 is 0 Å². The van der Waals surface area contributed by atoms with Crippen LogP contribution in [-0.4, -0.2) is 6.54 Å². The smallest absolute Gasteiger partial charge is 0.137 e. The van der Waals surface area contributed by atoms with Gasteiger partial charge >= 0.3 is 0 Å². The van der Waals surface area contributed by atoms with Crippen molar-refractivity contribution in [1.82, 2.24) is 0 Å². The van der Waals surface area contributed by atoms with Crippen molar-refractivity contribution in [3.63, 3.8) is 0 Å². The van der Waals surface area contributed by atoms with E-state index in [9.17, 15) is 4.39 Å². The third-order valence-corrected chi connectivity index (χ3v) is 2.15. The van der Waals surface area contributed by atoms with Gasteiger partial charge in [0, 0.05) is 11.5 Å². The summed E-state index contributed by atoms with van der Waals surface area (Å²) in [5.41, 5.74) is 8.74. The van der Waals surface area contributed by atoms with E-state index in [1.165, 1.54) is 6.07 Å². The molecule has 0 fully saturated rings. The van der Waals surface area contributed by atoms with E-state index in [0.29, 0.717) is 4.47 Å². The first-order chi connectivity index (χ1) is 6.74. The fourth-order valence-electron chi connectivity index (χ4n) is 0.888. The Morgan fingerprint density at radius 2 is 2.36 bits per heavy atom. The average Bonchev–Trinajstić information content (AvgIpc) is 2.18. The van der Waals surface area contributed by atoms with E-state index in [0.717, 1.165) is 5.56 Å². The summed E-state index contributed by atoms with van der Waals surface area (Å²) in [4.78, 5) is 2.59. The van der Waals surface area contributed by atoms with E-state index < -0.39 is 0 Å². The van der Waals surface area contributed by atoms with E-state index in [1.54, 1.807) is 24.3 Å². The number of rotatable bonds is 3. The van der Waals surface area contributed by atoms with Crippen molar-refractivity contribution in [1.29, 1.82) is 0 Å². The number of azide groups is 1. The van der Waals surface area contributed by atoms with Gasteiger partial charge in [-0.15, -0.1) is 0 Å². The molecule has 3 nitrogen and oxygen atoms in total. The van der Waals surface area contributed by atoms with Crippen LogP contribution >= 0.6 is 15.9 Å². The Hall–Kier alpha value is -1.32. The van der Waals surface area contributed by atoms with Crippen LogP contribution in [0.1, 0.15) is 5.56 Å². The first kappa shape index (κ1) is 10.8. The summed E-state index contributed by atoms with van der Waals surface area (Å²) >= 11 is 3.06. The number of nitrogens with zero attached hydrogens (tertiary/aromatic N) is 3. The normalized spacial score (nSPS) is 10.1. The quantitative estimate of drug-likeness (QED) is 0.447. The van der Waals surface area contributed by atoms with Crippen LogP contribution < -0.4 is 0 Å². The molecular formula is C9H7BrFN3. The highest BCUT2D eigenvalue weighted by Crippen LogP contribution is 2.16. The second-order valence-electron chi connectivity index (χ2n) is 2.49. The zero-order chi connectivity index (χ0) is 10.4. The van der Waals surface area contributed by atoms with E-state index in [-0.39, 0.29) is 12.4 Å². The van der Waals surface area contributed by atoms with Gasteiger partial charge in [-0.3, -0.25) is 0 Å². The zero-order valence-electron chi connectivity index (χ0n) is 7.19. The number of hydrogen-bond donors (Lipinski definition) is 0. The predicted octanol–water partition coefficient (Wildman–Crippen LogP) is 3.91. The van der Waals surface area contributed by atoms with Crippen LogP contribution in [0.5, 0.6) is 0 Å². The third-order valence-electron chi connectivity index (χ3n) is 1.50. The number of benzene rings is 1. The van der Waals surface area contributed by atoms with Gasteiger partial charge in [0.05, 0.1) is 4.47 Å². The Balaban J connectivity index is 2.72. The molecule has 0 aliphatic heterocycles. The predicted molar refractivity (Wildman–Crippen MR) is 57.1 cm³/mol. The molecule has 0 radical (unpaired) electrons. The second-order valence-corrected chi connectivity index (χ2v) is 3.34. The van der Waals surface area contributed by atoms with E-state index in [1.807, 2.05) is 0 Å². The van der Waals surface area contributed by atoms with Gasteiger partial charge < -0.3 is 0 Å². The second kappa shape index (κ2) is 5.42. The van der Waals surface area contributed by atoms with Crippen LogP contribution in [0.15, 0.2) is 33.9 Å². The minimum atomic E-state index is -0.309. The van der Waals surface area contributed by atoms with Crippen molar-refractivity contribution >= 4 is 22.0 Å². The van der Waals surface area contributed by atoms with Crippen LogP contribution in [0.25, 0.3) is 16.5 Å². The first-order valence-electron chi connectivity index (χ1n) is 3.86. The lowest BCUT2D eigenvalue weighted by Crippen LogP contribution is -1.79. The maximum atomic E-state index is 13.0. The Morgan fingerprint density at radius 1 is 1.57 bits per heavy atom. The summed E-state index contributed by atoms with van der Waals surface area (Å²) in [6.45, 7) is 0.272. The lowest BCUT2D eigenvalue weighted by atomic mass is 10.2. The average molecular weight is 256 g/mol. The molecule has 1 rings (SSSR count). The molecule has 5 heteroatoms. The molecule has 0 spiro atoms.